The number of aliphatic hydroxyl groups excluding tert-OH is 1. The molecule has 0 spiro atoms. The molecule has 0 aliphatic heterocycles. The molecule has 8 heteroatoms. The zero-order valence-corrected chi connectivity index (χ0v) is 17.5. The summed E-state index contributed by atoms with van der Waals surface area (Å²) in [6.07, 6.45) is -0.377. The molecule has 0 heterocycles. The summed E-state index contributed by atoms with van der Waals surface area (Å²) >= 11 is 6.10. The van der Waals surface area contributed by atoms with Gasteiger partial charge < -0.3 is 10.4 Å². The number of rotatable bonds is 9. The van der Waals surface area contributed by atoms with E-state index in [2.05, 4.69) is 5.32 Å². The Morgan fingerprint density at radius 2 is 1.79 bits per heavy atom. The lowest BCUT2D eigenvalue weighted by molar-refractivity contribution is 0.0916. The normalized spacial score (nSPS) is 12.8. The number of nitrogens with zero attached hydrogens (tertiary/aromatic N) is 1. The Morgan fingerprint density at radius 1 is 1.14 bits per heavy atom. The van der Waals surface area contributed by atoms with Gasteiger partial charge in [-0.2, -0.15) is 4.31 Å². The summed E-state index contributed by atoms with van der Waals surface area (Å²) in [6, 6.07) is 13.5. The van der Waals surface area contributed by atoms with Crippen molar-refractivity contribution in [1.29, 1.82) is 0 Å². The predicted octanol–water partition coefficient (Wildman–Crippen LogP) is 2.70. The number of aliphatic hydroxyl groups is 1. The van der Waals surface area contributed by atoms with Gasteiger partial charge >= 0.3 is 0 Å². The molecule has 0 saturated heterocycles. The van der Waals surface area contributed by atoms with Crippen molar-refractivity contribution in [2.24, 2.45) is 0 Å². The maximum absolute atomic E-state index is 12.7. The molecule has 1 amide bonds. The van der Waals surface area contributed by atoms with Crippen LogP contribution in [-0.4, -0.2) is 49.5 Å². The molecule has 2 rings (SSSR count). The van der Waals surface area contributed by atoms with Gasteiger partial charge in [0, 0.05) is 26.1 Å². The van der Waals surface area contributed by atoms with E-state index in [1.165, 1.54) is 22.5 Å². The molecule has 0 aromatic heterocycles. The largest absolute Gasteiger partial charge is 0.391 e. The zero-order chi connectivity index (χ0) is 20.7. The van der Waals surface area contributed by atoms with Crippen molar-refractivity contribution in [3.05, 3.63) is 64.7 Å². The molecule has 2 N–H and O–H groups in total. The molecule has 28 heavy (non-hydrogen) atoms. The van der Waals surface area contributed by atoms with Gasteiger partial charge in [-0.15, -0.1) is 0 Å². The Morgan fingerprint density at radius 3 is 2.39 bits per heavy atom. The first-order chi connectivity index (χ1) is 13.3. The van der Waals surface area contributed by atoms with Crippen molar-refractivity contribution in [3.63, 3.8) is 0 Å². The van der Waals surface area contributed by atoms with Crippen LogP contribution in [0.2, 0.25) is 5.02 Å². The van der Waals surface area contributed by atoms with E-state index in [0.717, 1.165) is 5.56 Å². The third-order valence-electron chi connectivity index (χ3n) is 4.34. The van der Waals surface area contributed by atoms with Crippen molar-refractivity contribution >= 4 is 27.5 Å². The third-order valence-corrected chi connectivity index (χ3v) is 6.71. The zero-order valence-electron chi connectivity index (χ0n) is 15.9. The first kappa shape index (κ1) is 22.4. The van der Waals surface area contributed by atoms with Gasteiger partial charge in [-0.25, -0.2) is 8.42 Å². The van der Waals surface area contributed by atoms with Crippen LogP contribution >= 0.6 is 11.6 Å². The highest BCUT2D eigenvalue weighted by Gasteiger charge is 2.24. The second kappa shape index (κ2) is 10.0. The molecule has 0 radical (unpaired) electrons. The quantitative estimate of drug-likeness (QED) is 0.648. The Labute approximate surface area is 171 Å². The number of amides is 1. The summed E-state index contributed by atoms with van der Waals surface area (Å²) in [5, 5.41) is 12.9. The maximum Gasteiger partial charge on any atom is 0.252 e. The van der Waals surface area contributed by atoms with Gasteiger partial charge in [0.1, 0.15) is 0 Å². The Kier molecular flexibility index (Phi) is 8.00. The molecule has 6 nitrogen and oxygen atoms in total. The number of nitrogens with one attached hydrogen (secondary N) is 1. The summed E-state index contributed by atoms with van der Waals surface area (Å²) in [7, 11) is -3.70. The summed E-state index contributed by atoms with van der Waals surface area (Å²) in [5.41, 5.74) is 1.01. The summed E-state index contributed by atoms with van der Waals surface area (Å²) in [4.78, 5) is 12.5. The van der Waals surface area contributed by atoms with E-state index in [9.17, 15) is 18.3 Å². The smallest absolute Gasteiger partial charge is 0.252 e. The molecule has 0 bridgehead atoms. The minimum Gasteiger partial charge on any atom is -0.391 e. The molecule has 0 saturated carbocycles. The maximum atomic E-state index is 12.7. The highest BCUT2D eigenvalue weighted by Crippen LogP contribution is 2.23. The van der Waals surface area contributed by atoms with Crippen molar-refractivity contribution < 1.29 is 18.3 Å². The van der Waals surface area contributed by atoms with Crippen molar-refractivity contribution in [2.45, 2.75) is 31.3 Å². The SMILES string of the molecule is CCN(CC)S(=O)(=O)c1ccc(Cl)c(C(=O)NCC(O)Cc2ccccc2)c1. The molecule has 0 aliphatic rings. The number of sulfonamides is 1. The molecule has 1 atom stereocenters. The number of halogens is 1. The Hall–Kier alpha value is -1.93. The fraction of sp³-hybridized carbons (Fsp3) is 0.350. The van der Waals surface area contributed by atoms with E-state index in [4.69, 9.17) is 11.6 Å². The molecule has 2 aromatic carbocycles. The average Bonchev–Trinajstić information content (AvgIpc) is 2.68. The number of hydrogen-bond donors (Lipinski definition) is 2. The van der Waals surface area contributed by atoms with Gasteiger partial charge in [-0.1, -0.05) is 55.8 Å². The van der Waals surface area contributed by atoms with E-state index in [1.54, 1.807) is 13.8 Å². The second-order valence-electron chi connectivity index (χ2n) is 6.28. The number of carbonyl (C=O) groups excluding carboxylic acids is 1. The minimum atomic E-state index is -3.70. The van der Waals surface area contributed by atoms with Crippen LogP contribution in [0.3, 0.4) is 0 Å². The van der Waals surface area contributed by atoms with Gasteiger partial charge in [0.2, 0.25) is 10.0 Å². The van der Waals surface area contributed by atoms with Gasteiger partial charge in [-0.3, -0.25) is 4.79 Å². The second-order valence-corrected chi connectivity index (χ2v) is 8.63. The fourth-order valence-electron chi connectivity index (χ4n) is 2.82. The van der Waals surface area contributed by atoms with Crippen LogP contribution in [0.4, 0.5) is 0 Å². The van der Waals surface area contributed by atoms with Gasteiger partial charge in [-0.05, 0) is 23.8 Å². The highest BCUT2D eigenvalue weighted by molar-refractivity contribution is 7.89. The standard InChI is InChI=1S/C20H25ClN2O4S/c1-3-23(4-2)28(26,27)17-10-11-19(21)18(13-17)20(25)22-14-16(24)12-15-8-6-5-7-9-15/h5-11,13,16,24H,3-4,12,14H2,1-2H3,(H,22,25). The van der Waals surface area contributed by atoms with Crippen LogP contribution < -0.4 is 5.32 Å². The van der Waals surface area contributed by atoms with Crippen LogP contribution in [0, 0.1) is 0 Å². The summed E-state index contributed by atoms with van der Waals surface area (Å²) < 4.78 is 26.6. The van der Waals surface area contributed by atoms with Crippen LogP contribution in [0.25, 0.3) is 0 Å². The minimum absolute atomic E-state index is 0.00980. The molecule has 152 valence electrons. The Bertz CT molecular complexity index is 900. The molecule has 1 unspecified atom stereocenters. The average molecular weight is 425 g/mol. The first-order valence-electron chi connectivity index (χ1n) is 9.09. The van der Waals surface area contributed by atoms with Crippen molar-refractivity contribution in [1.82, 2.24) is 9.62 Å². The lowest BCUT2D eigenvalue weighted by atomic mass is 10.1. The van der Waals surface area contributed by atoms with Crippen LogP contribution in [-0.2, 0) is 16.4 Å². The highest BCUT2D eigenvalue weighted by atomic mass is 35.5. The molecular formula is C20H25ClN2O4S. The van der Waals surface area contributed by atoms with Gasteiger partial charge in [0.05, 0.1) is 21.6 Å². The van der Waals surface area contributed by atoms with E-state index in [1.807, 2.05) is 30.3 Å². The van der Waals surface area contributed by atoms with E-state index >= 15 is 0 Å². The molecule has 0 aliphatic carbocycles. The van der Waals surface area contributed by atoms with Crippen LogP contribution in [0.1, 0.15) is 29.8 Å². The fourth-order valence-corrected chi connectivity index (χ4v) is 4.50. The number of hydrogen-bond acceptors (Lipinski definition) is 4. The first-order valence-corrected chi connectivity index (χ1v) is 10.9. The lowest BCUT2D eigenvalue weighted by Crippen LogP contribution is -2.34. The monoisotopic (exact) mass is 424 g/mol. The predicted molar refractivity (Wildman–Crippen MR) is 110 cm³/mol. The topological polar surface area (TPSA) is 86.7 Å². The van der Waals surface area contributed by atoms with Gasteiger partial charge in [0.15, 0.2) is 0 Å². The lowest BCUT2D eigenvalue weighted by Gasteiger charge is -2.19. The summed E-state index contributed by atoms with van der Waals surface area (Å²) in [6.45, 7) is 4.18. The van der Waals surface area contributed by atoms with E-state index < -0.39 is 22.0 Å². The third kappa shape index (κ3) is 5.54. The Balaban J connectivity index is 2.10. The van der Waals surface area contributed by atoms with Crippen LogP contribution in [0.15, 0.2) is 53.4 Å². The molecule has 0 fully saturated rings. The van der Waals surface area contributed by atoms with Crippen LogP contribution in [0.5, 0.6) is 0 Å². The summed E-state index contributed by atoms with van der Waals surface area (Å²) in [5.74, 6) is -0.534. The van der Waals surface area contributed by atoms with E-state index in [0.29, 0.717) is 19.5 Å². The number of benzene rings is 2. The van der Waals surface area contributed by atoms with E-state index in [-0.39, 0.29) is 22.0 Å². The molecule has 2 aromatic rings. The van der Waals surface area contributed by atoms with Crippen molar-refractivity contribution in [2.75, 3.05) is 19.6 Å². The molecular weight excluding hydrogens is 400 g/mol. The van der Waals surface area contributed by atoms with Crippen molar-refractivity contribution in [3.8, 4) is 0 Å². The van der Waals surface area contributed by atoms with Gasteiger partial charge in [0.25, 0.3) is 5.91 Å². The number of carbonyl (C=O) groups is 1.